The first kappa shape index (κ1) is 12.0. The summed E-state index contributed by atoms with van der Waals surface area (Å²) in [6, 6.07) is 4.81. The first-order chi connectivity index (χ1) is 8.56. The molecule has 0 radical (unpaired) electrons. The summed E-state index contributed by atoms with van der Waals surface area (Å²) in [4.78, 5) is 14.3. The van der Waals surface area contributed by atoms with Crippen LogP contribution in [0.25, 0.3) is 0 Å². The molecule has 0 saturated heterocycles. The number of anilines is 1. The molecular weight excluding hydrogens is 236 g/mol. The SMILES string of the molecule is Cc1cc(CNc2ccc([N+](=O)[O-])c(C)n2)no1. The molecule has 7 nitrogen and oxygen atoms in total. The fourth-order valence-corrected chi connectivity index (χ4v) is 1.53. The number of aryl methyl sites for hydroxylation is 2. The maximum Gasteiger partial charge on any atom is 0.290 e. The molecular formula is C11H12N4O3. The van der Waals surface area contributed by atoms with Crippen molar-refractivity contribution in [2.45, 2.75) is 20.4 Å². The zero-order valence-corrected chi connectivity index (χ0v) is 10.0. The second kappa shape index (κ2) is 4.82. The van der Waals surface area contributed by atoms with Gasteiger partial charge in [0.2, 0.25) is 0 Å². The molecule has 0 aliphatic carbocycles. The van der Waals surface area contributed by atoms with E-state index in [0.717, 1.165) is 11.5 Å². The van der Waals surface area contributed by atoms with Crippen molar-refractivity contribution in [3.05, 3.63) is 45.5 Å². The van der Waals surface area contributed by atoms with Gasteiger partial charge in [-0.3, -0.25) is 10.1 Å². The Morgan fingerprint density at radius 3 is 2.78 bits per heavy atom. The van der Waals surface area contributed by atoms with Crippen LogP contribution in [0.3, 0.4) is 0 Å². The van der Waals surface area contributed by atoms with Crippen molar-refractivity contribution in [3.8, 4) is 0 Å². The van der Waals surface area contributed by atoms with Gasteiger partial charge in [0.25, 0.3) is 5.69 Å². The number of pyridine rings is 1. The highest BCUT2D eigenvalue weighted by Crippen LogP contribution is 2.18. The van der Waals surface area contributed by atoms with Crippen LogP contribution in [0.1, 0.15) is 17.1 Å². The average molecular weight is 248 g/mol. The van der Waals surface area contributed by atoms with Gasteiger partial charge in [0.15, 0.2) is 0 Å². The second-order valence-corrected chi connectivity index (χ2v) is 3.84. The number of nitrogens with zero attached hydrogens (tertiary/aromatic N) is 3. The van der Waals surface area contributed by atoms with E-state index in [-0.39, 0.29) is 5.69 Å². The highest BCUT2D eigenvalue weighted by Gasteiger charge is 2.11. The molecule has 0 atom stereocenters. The first-order valence-corrected chi connectivity index (χ1v) is 5.34. The van der Waals surface area contributed by atoms with Crippen LogP contribution in [0.2, 0.25) is 0 Å². The molecule has 0 aromatic carbocycles. The van der Waals surface area contributed by atoms with Crippen molar-refractivity contribution in [1.29, 1.82) is 0 Å². The van der Waals surface area contributed by atoms with Gasteiger partial charge < -0.3 is 9.84 Å². The molecule has 0 amide bonds. The van der Waals surface area contributed by atoms with Crippen LogP contribution in [0.15, 0.2) is 22.7 Å². The number of hydrogen-bond acceptors (Lipinski definition) is 6. The van der Waals surface area contributed by atoms with Crippen LogP contribution in [-0.4, -0.2) is 15.1 Å². The van der Waals surface area contributed by atoms with Gasteiger partial charge in [0.1, 0.15) is 23.0 Å². The molecule has 2 heterocycles. The summed E-state index contributed by atoms with van der Waals surface area (Å²) in [7, 11) is 0. The van der Waals surface area contributed by atoms with Crippen molar-refractivity contribution in [1.82, 2.24) is 10.1 Å². The fraction of sp³-hybridized carbons (Fsp3) is 0.273. The summed E-state index contributed by atoms with van der Waals surface area (Å²) in [5.74, 6) is 1.30. The van der Waals surface area contributed by atoms with Gasteiger partial charge in [-0.1, -0.05) is 5.16 Å². The largest absolute Gasteiger partial charge is 0.364 e. The van der Waals surface area contributed by atoms with E-state index < -0.39 is 4.92 Å². The summed E-state index contributed by atoms with van der Waals surface area (Å²) in [6.45, 7) is 3.87. The molecule has 2 aromatic heterocycles. The zero-order chi connectivity index (χ0) is 13.1. The van der Waals surface area contributed by atoms with Crippen LogP contribution in [0, 0.1) is 24.0 Å². The van der Waals surface area contributed by atoms with Crippen LogP contribution in [-0.2, 0) is 6.54 Å². The predicted octanol–water partition coefficient (Wildman–Crippen LogP) is 2.21. The third kappa shape index (κ3) is 2.62. The normalized spacial score (nSPS) is 10.3. The van der Waals surface area contributed by atoms with Crippen LogP contribution in [0.5, 0.6) is 0 Å². The monoisotopic (exact) mass is 248 g/mol. The molecule has 0 aliphatic rings. The standard InChI is InChI=1S/C11H12N4O3/c1-7-5-9(14-18-7)6-12-11-4-3-10(15(16)17)8(2)13-11/h3-5H,6H2,1-2H3,(H,12,13). The number of rotatable bonds is 4. The summed E-state index contributed by atoms with van der Waals surface area (Å²) in [5.41, 5.74) is 1.14. The van der Waals surface area contributed by atoms with E-state index in [0.29, 0.717) is 18.1 Å². The second-order valence-electron chi connectivity index (χ2n) is 3.84. The van der Waals surface area contributed by atoms with Crippen molar-refractivity contribution < 1.29 is 9.45 Å². The lowest BCUT2D eigenvalue weighted by Crippen LogP contribution is -2.03. The topological polar surface area (TPSA) is 94.1 Å². The molecule has 18 heavy (non-hydrogen) atoms. The van der Waals surface area contributed by atoms with Gasteiger partial charge in [-0.2, -0.15) is 0 Å². The van der Waals surface area contributed by atoms with Gasteiger partial charge >= 0.3 is 0 Å². The molecule has 0 aliphatic heterocycles. The average Bonchev–Trinajstić information content (AvgIpc) is 2.72. The number of nitrogens with one attached hydrogen (secondary N) is 1. The van der Waals surface area contributed by atoms with E-state index in [9.17, 15) is 10.1 Å². The highest BCUT2D eigenvalue weighted by molar-refractivity contribution is 5.44. The zero-order valence-electron chi connectivity index (χ0n) is 10.0. The van der Waals surface area contributed by atoms with Gasteiger partial charge in [-0.05, 0) is 19.9 Å². The summed E-state index contributed by atoms with van der Waals surface area (Å²) >= 11 is 0. The molecule has 2 rings (SSSR count). The van der Waals surface area contributed by atoms with Crippen LogP contribution < -0.4 is 5.32 Å². The predicted molar refractivity (Wildman–Crippen MR) is 64.2 cm³/mol. The molecule has 1 N–H and O–H groups in total. The van der Waals surface area contributed by atoms with E-state index in [1.54, 1.807) is 13.0 Å². The minimum atomic E-state index is -0.451. The Labute approximate surface area is 103 Å². The Morgan fingerprint density at radius 2 is 2.22 bits per heavy atom. The Morgan fingerprint density at radius 1 is 1.44 bits per heavy atom. The fourth-order valence-electron chi connectivity index (χ4n) is 1.53. The highest BCUT2D eigenvalue weighted by atomic mass is 16.6. The van der Waals surface area contributed by atoms with Gasteiger partial charge in [-0.25, -0.2) is 4.98 Å². The molecule has 0 spiro atoms. The van der Waals surface area contributed by atoms with E-state index in [4.69, 9.17) is 4.52 Å². The van der Waals surface area contributed by atoms with Gasteiger partial charge in [-0.15, -0.1) is 0 Å². The molecule has 0 saturated carbocycles. The van der Waals surface area contributed by atoms with E-state index >= 15 is 0 Å². The Kier molecular flexibility index (Phi) is 3.22. The van der Waals surface area contributed by atoms with E-state index in [1.165, 1.54) is 6.07 Å². The summed E-state index contributed by atoms with van der Waals surface area (Å²) in [5, 5.41) is 17.5. The maximum absolute atomic E-state index is 10.6. The van der Waals surface area contributed by atoms with Crippen molar-refractivity contribution >= 4 is 11.5 Å². The Bertz CT molecular complexity index is 579. The van der Waals surface area contributed by atoms with E-state index in [2.05, 4.69) is 15.5 Å². The third-order valence-corrected chi connectivity index (χ3v) is 2.38. The number of hydrogen-bond donors (Lipinski definition) is 1. The lowest BCUT2D eigenvalue weighted by Gasteiger charge is -2.04. The maximum atomic E-state index is 10.6. The van der Waals surface area contributed by atoms with Gasteiger partial charge in [0.05, 0.1) is 11.5 Å². The summed E-state index contributed by atoms with van der Waals surface area (Å²) in [6.07, 6.45) is 0. The molecule has 7 heteroatoms. The molecule has 2 aromatic rings. The molecule has 94 valence electrons. The van der Waals surface area contributed by atoms with Crippen LogP contribution >= 0.6 is 0 Å². The van der Waals surface area contributed by atoms with E-state index in [1.807, 2.05) is 13.0 Å². The Balaban J connectivity index is 2.06. The van der Waals surface area contributed by atoms with Crippen molar-refractivity contribution in [2.75, 3.05) is 5.32 Å². The molecule has 0 fully saturated rings. The molecule has 0 bridgehead atoms. The minimum Gasteiger partial charge on any atom is -0.364 e. The first-order valence-electron chi connectivity index (χ1n) is 5.34. The minimum absolute atomic E-state index is 0.0119. The lowest BCUT2D eigenvalue weighted by atomic mass is 10.3. The Hall–Kier alpha value is -2.44. The molecule has 0 unspecified atom stereocenters. The quantitative estimate of drug-likeness (QED) is 0.658. The van der Waals surface area contributed by atoms with Gasteiger partial charge in [0, 0.05) is 12.1 Å². The van der Waals surface area contributed by atoms with Crippen molar-refractivity contribution in [2.24, 2.45) is 0 Å². The smallest absolute Gasteiger partial charge is 0.290 e. The van der Waals surface area contributed by atoms with Crippen molar-refractivity contribution in [3.63, 3.8) is 0 Å². The number of aromatic nitrogens is 2. The summed E-state index contributed by atoms with van der Waals surface area (Å²) < 4.78 is 4.93. The van der Waals surface area contributed by atoms with Crippen LogP contribution in [0.4, 0.5) is 11.5 Å². The third-order valence-electron chi connectivity index (χ3n) is 2.38. The lowest BCUT2D eigenvalue weighted by molar-refractivity contribution is -0.385. The number of nitro groups is 1.